The number of nitrogens with zero attached hydrogens (tertiary/aromatic N) is 1. The van der Waals surface area contributed by atoms with Crippen molar-refractivity contribution in [3.8, 4) is 0 Å². The van der Waals surface area contributed by atoms with Gasteiger partial charge in [0.2, 0.25) is 0 Å². The van der Waals surface area contributed by atoms with Gasteiger partial charge in [0, 0.05) is 18.8 Å². The molecule has 1 aromatic carbocycles. The van der Waals surface area contributed by atoms with Gasteiger partial charge in [-0.15, -0.1) is 0 Å². The van der Waals surface area contributed by atoms with Crippen molar-refractivity contribution in [1.82, 2.24) is 0 Å². The van der Waals surface area contributed by atoms with Gasteiger partial charge in [0.15, 0.2) is 9.84 Å². The summed E-state index contributed by atoms with van der Waals surface area (Å²) in [5.74, 6) is 0. The molecular weight excluding hydrogens is 264 g/mol. The molecule has 2 rings (SSSR count). The number of sulfone groups is 1. The van der Waals surface area contributed by atoms with Gasteiger partial charge in [-0.2, -0.15) is 0 Å². The Bertz CT molecular complexity index is 553. The number of benzene rings is 1. The van der Waals surface area contributed by atoms with Crippen LogP contribution in [0, 0.1) is 0 Å². The number of aliphatic hydroxyl groups is 1. The minimum absolute atomic E-state index is 0.0268. The molecule has 6 heteroatoms. The highest BCUT2D eigenvalue weighted by atomic mass is 32.2. The quantitative estimate of drug-likeness (QED) is 0.789. The first-order valence-electron chi connectivity index (χ1n) is 6.41. The molecule has 0 bridgehead atoms. The van der Waals surface area contributed by atoms with Crippen LogP contribution in [0.5, 0.6) is 0 Å². The fourth-order valence-corrected chi connectivity index (χ4v) is 3.24. The molecule has 19 heavy (non-hydrogen) atoms. The Morgan fingerprint density at radius 2 is 2.11 bits per heavy atom. The Morgan fingerprint density at radius 3 is 2.58 bits per heavy atom. The first-order chi connectivity index (χ1) is 8.95. The second-order valence-electron chi connectivity index (χ2n) is 4.96. The molecular formula is C13H20N2O3S. The highest BCUT2D eigenvalue weighted by molar-refractivity contribution is 7.90. The average Bonchev–Trinajstić information content (AvgIpc) is 2.25. The maximum atomic E-state index is 11.7. The van der Waals surface area contributed by atoms with Gasteiger partial charge in [-0.1, -0.05) is 6.07 Å². The van der Waals surface area contributed by atoms with Crippen LogP contribution in [0.2, 0.25) is 0 Å². The van der Waals surface area contributed by atoms with Crippen molar-refractivity contribution >= 4 is 21.2 Å². The number of para-hydroxylation sites is 1. The lowest BCUT2D eigenvalue weighted by atomic mass is 9.91. The van der Waals surface area contributed by atoms with Gasteiger partial charge < -0.3 is 15.7 Å². The van der Waals surface area contributed by atoms with E-state index < -0.39 is 9.84 Å². The second-order valence-corrected chi connectivity index (χ2v) is 6.95. The molecule has 1 aliphatic carbocycles. The average molecular weight is 284 g/mol. The molecule has 0 radical (unpaired) electrons. The van der Waals surface area contributed by atoms with E-state index in [0.717, 1.165) is 25.5 Å². The summed E-state index contributed by atoms with van der Waals surface area (Å²) in [6, 6.07) is 5.39. The van der Waals surface area contributed by atoms with E-state index in [4.69, 9.17) is 5.73 Å². The van der Waals surface area contributed by atoms with E-state index in [2.05, 4.69) is 0 Å². The summed E-state index contributed by atoms with van der Waals surface area (Å²) < 4.78 is 23.4. The summed E-state index contributed by atoms with van der Waals surface area (Å²) in [5.41, 5.74) is 7.01. The smallest absolute Gasteiger partial charge is 0.177 e. The van der Waals surface area contributed by atoms with Gasteiger partial charge in [-0.3, -0.25) is 0 Å². The van der Waals surface area contributed by atoms with Crippen LogP contribution in [-0.4, -0.2) is 39.0 Å². The Kier molecular flexibility index (Phi) is 4.01. The molecule has 0 aliphatic heterocycles. The molecule has 0 amide bonds. The summed E-state index contributed by atoms with van der Waals surface area (Å²) in [6.45, 7) is 0.501. The zero-order valence-corrected chi connectivity index (χ0v) is 11.9. The van der Waals surface area contributed by atoms with Crippen LogP contribution in [0.1, 0.15) is 19.3 Å². The highest BCUT2D eigenvalue weighted by Gasteiger charge is 2.27. The van der Waals surface area contributed by atoms with E-state index in [1.165, 1.54) is 6.07 Å². The fraction of sp³-hybridized carbons (Fsp3) is 0.538. The lowest BCUT2D eigenvalue weighted by Crippen LogP contribution is -2.42. The van der Waals surface area contributed by atoms with E-state index in [1.807, 2.05) is 11.0 Å². The van der Waals surface area contributed by atoms with E-state index in [1.54, 1.807) is 6.07 Å². The van der Waals surface area contributed by atoms with Crippen molar-refractivity contribution in [3.05, 3.63) is 18.2 Å². The van der Waals surface area contributed by atoms with Crippen LogP contribution in [-0.2, 0) is 9.84 Å². The number of nitrogens with two attached hydrogens (primary N) is 1. The van der Waals surface area contributed by atoms with Gasteiger partial charge in [0.1, 0.15) is 0 Å². The molecule has 5 nitrogen and oxygen atoms in total. The third-order valence-electron chi connectivity index (χ3n) is 3.61. The zero-order valence-electron chi connectivity index (χ0n) is 11.0. The molecule has 106 valence electrons. The molecule has 0 spiro atoms. The number of nitrogen functional groups attached to an aromatic ring is 1. The summed E-state index contributed by atoms with van der Waals surface area (Å²) >= 11 is 0. The van der Waals surface area contributed by atoms with Crippen molar-refractivity contribution in [1.29, 1.82) is 0 Å². The number of anilines is 2. The molecule has 1 saturated carbocycles. The molecule has 1 aromatic rings. The van der Waals surface area contributed by atoms with Gasteiger partial charge in [0.05, 0.1) is 22.9 Å². The second kappa shape index (κ2) is 5.38. The lowest BCUT2D eigenvalue weighted by molar-refractivity contribution is 0.284. The standard InChI is InChI=1S/C13H20N2O3S/c1-19(17,18)12-7-3-6-11(13(12)14)15(8-9-16)10-4-2-5-10/h3,6-7,10,16H,2,4-5,8-9,14H2,1H3. The Morgan fingerprint density at radius 1 is 1.42 bits per heavy atom. The molecule has 1 aliphatic rings. The van der Waals surface area contributed by atoms with Crippen LogP contribution in [0.4, 0.5) is 11.4 Å². The normalized spacial score (nSPS) is 16.1. The van der Waals surface area contributed by atoms with Gasteiger partial charge >= 0.3 is 0 Å². The zero-order chi connectivity index (χ0) is 14.0. The molecule has 0 heterocycles. The van der Waals surface area contributed by atoms with Crippen LogP contribution < -0.4 is 10.6 Å². The van der Waals surface area contributed by atoms with Gasteiger partial charge in [-0.05, 0) is 31.4 Å². The highest BCUT2D eigenvalue weighted by Crippen LogP contribution is 2.35. The summed E-state index contributed by atoms with van der Waals surface area (Å²) in [7, 11) is -3.33. The molecule has 0 saturated heterocycles. The Labute approximate surface area is 113 Å². The fourth-order valence-electron chi connectivity index (χ4n) is 2.41. The monoisotopic (exact) mass is 284 g/mol. The van der Waals surface area contributed by atoms with E-state index in [0.29, 0.717) is 18.3 Å². The van der Waals surface area contributed by atoms with Crippen molar-refractivity contribution in [2.45, 2.75) is 30.2 Å². The number of aliphatic hydroxyl groups excluding tert-OH is 1. The topological polar surface area (TPSA) is 83.6 Å². The van der Waals surface area contributed by atoms with Crippen molar-refractivity contribution in [3.63, 3.8) is 0 Å². The Balaban J connectivity index is 2.42. The van der Waals surface area contributed by atoms with Gasteiger partial charge in [-0.25, -0.2) is 8.42 Å². The SMILES string of the molecule is CS(=O)(=O)c1cccc(N(CCO)C2CCC2)c1N. The summed E-state index contributed by atoms with van der Waals surface area (Å²) in [6.07, 6.45) is 4.44. The number of hydrogen-bond donors (Lipinski definition) is 2. The minimum Gasteiger partial charge on any atom is -0.396 e. The van der Waals surface area contributed by atoms with Crippen LogP contribution in [0.15, 0.2) is 23.1 Å². The predicted octanol–water partition coefficient (Wildman–Crippen LogP) is 1.02. The van der Waals surface area contributed by atoms with Gasteiger partial charge in [0.25, 0.3) is 0 Å². The third-order valence-corrected chi connectivity index (χ3v) is 4.76. The molecule has 0 atom stereocenters. The number of hydrogen-bond acceptors (Lipinski definition) is 5. The maximum Gasteiger partial charge on any atom is 0.177 e. The predicted molar refractivity (Wildman–Crippen MR) is 76.0 cm³/mol. The summed E-state index contributed by atoms with van der Waals surface area (Å²) in [5, 5.41) is 9.19. The first-order valence-corrected chi connectivity index (χ1v) is 8.30. The third kappa shape index (κ3) is 2.84. The largest absolute Gasteiger partial charge is 0.396 e. The van der Waals surface area contributed by atoms with E-state index >= 15 is 0 Å². The molecule has 0 unspecified atom stereocenters. The van der Waals surface area contributed by atoms with E-state index in [9.17, 15) is 13.5 Å². The van der Waals surface area contributed by atoms with Crippen molar-refractivity contribution in [2.24, 2.45) is 0 Å². The van der Waals surface area contributed by atoms with Crippen molar-refractivity contribution < 1.29 is 13.5 Å². The Hall–Kier alpha value is -1.27. The molecule has 1 fully saturated rings. The van der Waals surface area contributed by atoms with Crippen LogP contribution in [0.25, 0.3) is 0 Å². The molecule has 3 N–H and O–H groups in total. The lowest BCUT2D eigenvalue weighted by Gasteiger charge is -2.39. The van der Waals surface area contributed by atoms with Crippen molar-refractivity contribution in [2.75, 3.05) is 30.0 Å². The maximum absolute atomic E-state index is 11.7. The van der Waals surface area contributed by atoms with Crippen LogP contribution >= 0.6 is 0 Å². The summed E-state index contributed by atoms with van der Waals surface area (Å²) in [4.78, 5) is 2.18. The van der Waals surface area contributed by atoms with E-state index in [-0.39, 0.29) is 17.2 Å². The number of rotatable bonds is 5. The first kappa shape index (κ1) is 14.1. The minimum atomic E-state index is -3.33. The van der Waals surface area contributed by atoms with Crippen LogP contribution in [0.3, 0.4) is 0 Å². The molecule has 0 aromatic heterocycles.